The lowest BCUT2D eigenvalue weighted by Gasteiger charge is -2.20. The van der Waals surface area contributed by atoms with E-state index in [2.05, 4.69) is 0 Å². The van der Waals surface area contributed by atoms with Crippen LogP contribution < -0.4 is 0 Å². The van der Waals surface area contributed by atoms with Gasteiger partial charge in [-0.25, -0.2) is 0 Å². The number of aliphatic hydroxyl groups is 1. The molecule has 1 aromatic carbocycles. The highest BCUT2D eigenvalue weighted by Gasteiger charge is 2.41. The van der Waals surface area contributed by atoms with Crippen molar-refractivity contribution in [1.82, 2.24) is 4.90 Å². The van der Waals surface area contributed by atoms with Gasteiger partial charge in [-0.15, -0.1) is 0 Å². The van der Waals surface area contributed by atoms with Crippen molar-refractivity contribution in [3.8, 4) is 0 Å². The summed E-state index contributed by atoms with van der Waals surface area (Å²) in [5.74, 6) is -0.800. The third-order valence-electron chi connectivity index (χ3n) is 3.09. The summed E-state index contributed by atoms with van der Waals surface area (Å²) in [6.45, 7) is 1.47. The third-order valence-corrected chi connectivity index (χ3v) is 3.09. The van der Waals surface area contributed by atoms with Crippen molar-refractivity contribution in [1.29, 1.82) is 0 Å². The van der Waals surface area contributed by atoms with Gasteiger partial charge < -0.3 is 5.11 Å². The highest BCUT2D eigenvalue weighted by Crippen LogP contribution is 2.30. The molecule has 1 aliphatic heterocycles. The Morgan fingerprint density at radius 1 is 1.35 bits per heavy atom. The van der Waals surface area contributed by atoms with Crippen LogP contribution >= 0.6 is 0 Å². The van der Waals surface area contributed by atoms with E-state index in [1.54, 1.807) is 6.92 Å². The molecule has 1 N–H and O–H groups in total. The molecule has 2 rings (SSSR count). The Morgan fingerprint density at radius 2 is 2.00 bits per heavy atom. The molecule has 90 valence electrons. The smallest absolute Gasteiger partial charge is 0.237 e. The van der Waals surface area contributed by atoms with Gasteiger partial charge in [-0.1, -0.05) is 30.3 Å². The fourth-order valence-electron chi connectivity index (χ4n) is 2.14. The maximum Gasteiger partial charge on any atom is 0.237 e. The molecule has 2 atom stereocenters. The summed E-state index contributed by atoms with van der Waals surface area (Å²) in [6, 6.07) is 8.84. The van der Waals surface area contributed by atoms with Gasteiger partial charge in [-0.05, 0) is 12.5 Å². The van der Waals surface area contributed by atoms with Crippen LogP contribution in [0.2, 0.25) is 0 Å². The van der Waals surface area contributed by atoms with Crippen LogP contribution in [-0.2, 0) is 9.59 Å². The van der Waals surface area contributed by atoms with Gasteiger partial charge >= 0.3 is 0 Å². The van der Waals surface area contributed by atoms with E-state index in [1.165, 1.54) is 4.90 Å². The fraction of sp³-hybridized carbons (Fsp3) is 0.385. The average molecular weight is 233 g/mol. The highest BCUT2D eigenvalue weighted by molar-refractivity contribution is 6.06. The topological polar surface area (TPSA) is 57.6 Å². The van der Waals surface area contributed by atoms with Crippen molar-refractivity contribution in [3.05, 3.63) is 35.9 Å². The van der Waals surface area contributed by atoms with Crippen molar-refractivity contribution in [2.75, 3.05) is 6.61 Å². The van der Waals surface area contributed by atoms with Crippen LogP contribution in [0.5, 0.6) is 0 Å². The molecule has 1 aromatic rings. The second-order valence-electron chi connectivity index (χ2n) is 4.30. The van der Waals surface area contributed by atoms with E-state index in [0.717, 1.165) is 5.56 Å². The zero-order valence-corrected chi connectivity index (χ0v) is 9.67. The van der Waals surface area contributed by atoms with Crippen molar-refractivity contribution in [2.24, 2.45) is 0 Å². The number of carbonyl (C=O) groups is 2. The summed E-state index contributed by atoms with van der Waals surface area (Å²) in [4.78, 5) is 25.1. The van der Waals surface area contributed by atoms with E-state index in [4.69, 9.17) is 5.11 Å². The third kappa shape index (κ3) is 2.08. The number of rotatable bonds is 3. The molecule has 17 heavy (non-hydrogen) atoms. The van der Waals surface area contributed by atoms with Gasteiger partial charge in [0.15, 0.2) is 0 Å². The van der Waals surface area contributed by atoms with Crippen molar-refractivity contribution in [2.45, 2.75) is 25.3 Å². The van der Waals surface area contributed by atoms with E-state index in [1.807, 2.05) is 30.3 Å². The molecule has 4 nitrogen and oxygen atoms in total. The molecule has 0 aromatic heterocycles. The number of aliphatic hydroxyl groups excluding tert-OH is 1. The van der Waals surface area contributed by atoms with Crippen molar-refractivity contribution in [3.63, 3.8) is 0 Å². The van der Waals surface area contributed by atoms with Crippen LogP contribution in [0.4, 0.5) is 0 Å². The Morgan fingerprint density at radius 3 is 2.59 bits per heavy atom. The zero-order valence-electron chi connectivity index (χ0n) is 9.67. The molecular weight excluding hydrogens is 218 g/mol. The Labute approximate surface area is 99.9 Å². The minimum Gasteiger partial charge on any atom is -0.394 e. The first-order valence-electron chi connectivity index (χ1n) is 5.67. The summed E-state index contributed by atoms with van der Waals surface area (Å²) in [5.41, 5.74) is 0.860. The van der Waals surface area contributed by atoms with Gasteiger partial charge in [-0.2, -0.15) is 0 Å². The number of benzene rings is 1. The Hall–Kier alpha value is -1.68. The predicted molar refractivity (Wildman–Crippen MR) is 62.2 cm³/mol. The number of amides is 2. The molecular formula is C13H15NO3. The number of nitrogens with zero attached hydrogens (tertiary/aromatic N) is 1. The Balaban J connectivity index is 2.25. The van der Waals surface area contributed by atoms with Crippen LogP contribution in [-0.4, -0.2) is 34.5 Å². The number of likely N-dealkylation sites (tertiary alicyclic amines) is 1. The maximum absolute atomic E-state index is 12.1. The lowest BCUT2D eigenvalue weighted by molar-refractivity contribution is -0.141. The van der Waals surface area contributed by atoms with Crippen LogP contribution in [0.25, 0.3) is 0 Å². The molecule has 1 unspecified atom stereocenters. The highest BCUT2D eigenvalue weighted by atomic mass is 16.3. The number of hydrogen-bond acceptors (Lipinski definition) is 3. The molecule has 1 fully saturated rings. The second kappa shape index (κ2) is 4.67. The predicted octanol–water partition coefficient (Wildman–Crippen LogP) is 0.910. The molecule has 4 heteroatoms. The molecule has 2 amide bonds. The van der Waals surface area contributed by atoms with Crippen molar-refractivity contribution < 1.29 is 14.7 Å². The van der Waals surface area contributed by atoms with Gasteiger partial charge in [-0.3, -0.25) is 14.5 Å². The first-order valence-corrected chi connectivity index (χ1v) is 5.67. The molecule has 0 saturated carbocycles. The minimum atomic E-state index is -0.441. The Bertz CT molecular complexity index is 430. The lowest BCUT2D eigenvalue weighted by atomic mass is 9.98. The molecule has 1 heterocycles. The van der Waals surface area contributed by atoms with E-state index < -0.39 is 12.0 Å². The number of carbonyl (C=O) groups excluding carboxylic acids is 2. The van der Waals surface area contributed by atoms with E-state index in [9.17, 15) is 9.59 Å². The van der Waals surface area contributed by atoms with Gasteiger partial charge in [0.25, 0.3) is 0 Å². The number of hydrogen-bond donors (Lipinski definition) is 1. The van der Waals surface area contributed by atoms with E-state index in [0.29, 0.717) is 0 Å². The lowest BCUT2D eigenvalue weighted by Crippen LogP contribution is -2.40. The summed E-state index contributed by atoms with van der Waals surface area (Å²) in [7, 11) is 0. The first-order chi connectivity index (χ1) is 8.15. The summed E-state index contributed by atoms with van der Waals surface area (Å²) >= 11 is 0. The summed E-state index contributed by atoms with van der Waals surface area (Å²) < 4.78 is 0. The monoisotopic (exact) mass is 233 g/mol. The quantitative estimate of drug-likeness (QED) is 0.789. The van der Waals surface area contributed by atoms with Gasteiger partial charge in [0.2, 0.25) is 11.8 Å². The van der Waals surface area contributed by atoms with Crippen LogP contribution in [0.3, 0.4) is 0 Å². The van der Waals surface area contributed by atoms with E-state index in [-0.39, 0.29) is 24.8 Å². The molecule has 0 aliphatic carbocycles. The minimum absolute atomic E-state index is 0.195. The normalized spacial score (nSPS) is 22.0. The maximum atomic E-state index is 12.1. The average Bonchev–Trinajstić information content (AvgIpc) is 2.65. The van der Waals surface area contributed by atoms with Crippen LogP contribution in [0.15, 0.2) is 30.3 Å². The number of imide groups is 1. The van der Waals surface area contributed by atoms with Gasteiger partial charge in [0, 0.05) is 6.42 Å². The fourth-order valence-corrected chi connectivity index (χ4v) is 2.14. The van der Waals surface area contributed by atoms with Crippen molar-refractivity contribution >= 4 is 11.8 Å². The molecule has 0 radical (unpaired) electrons. The van der Waals surface area contributed by atoms with E-state index >= 15 is 0 Å². The molecule has 1 saturated heterocycles. The Kier molecular flexibility index (Phi) is 3.24. The zero-order chi connectivity index (χ0) is 12.4. The summed E-state index contributed by atoms with van der Waals surface area (Å²) in [6.07, 6.45) is 0.202. The standard InChI is InChI=1S/C13H15NO3/c1-9(8-15)14-12(16)7-11(13(14)17)10-5-3-2-4-6-10/h2-6,9,11,15H,7-8H2,1H3/t9-,11?/m1/s1. The molecule has 1 aliphatic rings. The molecule has 0 spiro atoms. The largest absolute Gasteiger partial charge is 0.394 e. The van der Waals surface area contributed by atoms with Crippen LogP contribution in [0, 0.1) is 0 Å². The SMILES string of the molecule is C[C@H](CO)N1C(=O)CC(c2ccccc2)C1=O. The second-order valence-corrected chi connectivity index (χ2v) is 4.30. The van der Waals surface area contributed by atoms with Gasteiger partial charge in [0.05, 0.1) is 18.6 Å². The first kappa shape index (κ1) is 11.8. The van der Waals surface area contributed by atoms with Gasteiger partial charge in [0.1, 0.15) is 0 Å². The molecule has 0 bridgehead atoms. The van der Waals surface area contributed by atoms with Crippen LogP contribution in [0.1, 0.15) is 24.8 Å². The summed E-state index contributed by atoms with van der Waals surface area (Å²) in [5, 5.41) is 9.04.